The molecule has 2 amide bonds. The fourth-order valence-corrected chi connectivity index (χ4v) is 1.25. The van der Waals surface area contributed by atoms with Crippen molar-refractivity contribution in [1.82, 2.24) is 10.2 Å². The molecule has 7 nitrogen and oxygen atoms in total. The quantitative estimate of drug-likeness (QED) is 0.659. The predicted molar refractivity (Wildman–Crippen MR) is 59.5 cm³/mol. The van der Waals surface area contributed by atoms with Crippen molar-refractivity contribution in [3.63, 3.8) is 0 Å². The highest BCUT2D eigenvalue weighted by molar-refractivity contribution is 5.93. The highest BCUT2D eigenvalue weighted by Crippen LogP contribution is 1.91. The van der Waals surface area contributed by atoms with Gasteiger partial charge < -0.3 is 9.84 Å². The largest absolute Gasteiger partial charge is 0.480 e. The number of rotatable bonds is 7. The molecule has 7 heteroatoms. The number of ether oxygens (including phenoxy) is 1. The molecule has 0 unspecified atom stereocenters. The molecule has 0 aromatic heterocycles. The van der Waals surface area contributed by atoms with Crippen molar-refractivity contribution < 1.29 is 24.2 Å². The average molecular weight is 246 g/mol. The third-order valence-electron chi connectivity index (χ3n) is 1.78. The molecule has 98 valence electrons. The lowest BCUT2D eigenvalue weighted by Crippen LogP contribution is -2.42. The molecular weight excluding hydrogens is 228 g/mol. The summed E-state index contributed by atoms with van der Waals surface area (Å²) in [6, 6.07) is 0. The number of imide groups is 1. The monoisotopic (exact) mass is 246 g/mol. The van der Waals surface area contributed by atoms with Gasteiger partial charge in [-0.25, -0.2) is 4.79 Å². The summed E-state index contributed by atoms with van der Waals surface area (Å²) < 4.78 is 4.53. The molecule has 0 aromatic carbocycles. The number of nitrogens with one attached hydrogen (secondary N) is 1. The van der Waals surface area contributed by atoms with E-state index in [0.29, 0.717) is 6.54 Å². The van der Waals surface area contributed by atoms with Crippen LogP contribution in [-0.4, -0.2) is 54.2 Å². The Morgan fingerprint density at radius 1 is 1.24 bits per heavy atom. The lowest BCUT2D eigenvalue weighted by Gasteiger charge is -2.18. The second-order valence-electron chi connectivity index (χ2n) is 3.37. The second kappa shape index (κ2) is 8.51. The van der Waals surface area contributed by atoms with Crippen LogP contribution in [0.15, 0.2) is 0 Å². The van der Waals surface area contributed by atoms with Gasteiger partial charge in [-0.05, 0) is 19.9 Å². The first-order valence-corrected chi connectivity index (χ1v) is 5.40. The van der Waals surface area contributed by atoms with Crippen molar-refractivity contribution in [3.8, 4) is 0 Å². The minimum atomic E-state index is -1.01. The summed E-state index contributed by atoms with van der Waals surface area (Å²) in [6.45, 7) is 3.77. The van der Waals surface area contributed by atoms with E-state index in [4.69, 9.17) is 5.11 Å². The van der Waals surface area contributed by atoms with Crippen LogP contribution in [0.25, 0.3) is 0 Å². The third-order valence-corrected chi connectivity index (χ3v) is 1.78. The lowest BCUT2D eigenvalue weighted by atomic mass is 10.4. The maximum absolute atomic E-state index is 11.3. The Bertz CT molecular complexity index is 280. The summed E-state index contributed by atoms with van der Waals surface area (Å²) in [5.74, 6) is -1.58. The molecule has 0 fully saturated rings. The predicted octanol–water partition coefficient (Wildman–Crippen LogP) is 0.0557. The molecule has 0 heterocycles. The van der Waals surface area contributed by atoms with Gasteiger partial charge in [-0.15, -0.1) is 0 Å². The Hall–Kier alpha value is -1.63. The van der Waals surface area contributed by atoms with Crippen molar-refractivity contribution in [2.75, 3.05) is 26.2 Å². The van der Waals surface area contributed by atoms with E-state index in [2.05, 4.69) is 4.74 Å². The first-order chi connectivity index (χ1) is 7.99. The van der Waals surface area contributed by atoms with Crippen LogP contribution in [0, 0.1) is 0 Å². The smallest absolute Gasteiger partial charge is 0.413 e. The van der Waals surface area contributed by atoms with Gasteiger partial charge >= 0.3 is 12.1 Å². The minimum absolute atomic E-state index is 0.140. The van der Waals surface area contributed by atoms with E-state index in [9.17, 15) is 14.4 Å². The van der Waals surface area contributed by atoms with Gasteiger partial charge in [0.1, 0.15) is 0 Å². The van der Waals surface area contributed by atoms with E-state index in [1.807, 2.05) is 12.2 Å². The van der Waals surface area contributed by atoms with Crippen molar-refractivity contribution in [3.05, 3.63) is 0 Å². The van der Waals surface area contributed by atoms with E-state index in [0.717, 1.165) is 6.42 Å². The number of nitrogens with zero attached hydrogens (tertiary/aromatic N) is 1. The Morgan fingerprint density at radius 3 is 2.35 bits per heavy atom. The van der Waals surface area contributed by atoms with E-state index in [-0.39, 0.29) is 19.7 Å². The fraction of sp³-hybridized carbons (Fsp3) is 0.700. The first-order valence-electron chi connectivity index (χ1n) is 5.40. The number of carbonyl (C=O) groups excluding carboxylic acids is 2. The van der Waals surface area contributed by atoms with Crippen LogP contribution in [-0.2, 0) is 14.3 Å². The highest BCUT2D eigenvalue weighted by atomic mass is 16.5. The van der Waals surface area contributed by atoms with Gasteiger partial charge in [-0.2, -0.15) is 0 Å². The molecule has 0 bridgehead atoms. The summed E-state index contributed by atoms with van der Waals surface area (Å²) in [5.41, 5.74) is 0. The Balaban J connectivity index is 4.11. The average Bonchev–Trinajstić information content (AvgIpc) is 2.16. The Labute approximate surface area is 99.7 Å². The van der Waals surface area contributed by atoms with Gasteiger partial charge in [0, 0.05) is 0 Å². The molecular formula is C10H18N2O5. The number of alkyl carbamates (subject to hydrolysis) is 1. The molecule has 0 saturated carbocycles. The van der Waals surface area contributed by atoms with Crippen LogP contribution in [0.3, 0.4) is 0 Å². The molecule has 0 aliphatic rings. The van der Waals surface area contributed by atoms with Crippen LogP contribution in [0.5, 0.6) is 0 Å². The number of carboxylic acid groups (broad SMARTS) is 1. The third kappa shape index (κ3) is 8.21. The van der Waals surface area contributed by atoms with E-state index < -0.39 is 18.0 Å². The normalized spacial score (nSPS) is 10.1. The van der Waals surface area contributed by atoms with Crippen LogP contribution in [0.1, 0.15) is 20.3 Å². The zero-order chi connectivity index (χ0) is 13.3. The zero-order valence-electron chi connectivity index (χ0n) is 10.1. The Morgan fingerprint density at radius 2 is 1.88 bits per heavy atom. The fourth-order valence-electron chi connectivity index (χ4n) is 1.25. The number of hydrogen-bond acceptors (Lipinski definition) is 5. The molecule has 0 radical (unpaired) electrons. The van der Waals surface area contributed by atoms with Crippen LogP contribution >= 0.6 is 0 Å². The molecule has 0 aromatic rings. The molecule has 17 heavy (non-hydrogen) atoms. The maximum Gasteiger partial charge on any atom is 0.413 e. The lowest BCUT2D eigenvalue weighted by molar-refractivity contribution is -0.138. The van der Waals surface area contributed by atoms with Crippen LogP contribution in [0.4, 0.5) is 4.79 Å². The van der Waals surface area contributed by atoms with Crippen LogP contribution in [0.2, 0.25) is 0 Å². The van der Waals surface area contributed by atoms with Crippen molar-refractivity contribution in [2.24, 2.45) is 0 Å². The van der Waals surface area contributed by atoms with Crippen molar-refractivity contribution in [1.29, 1.82) is 0 Å². The van der Waals surface area contributed by atoms with Crippen LogP contribution < -0.4 is 5.32 Å². The number of carbonyl (C=O) groups is 3. The number of carboxylic acids is 1. The molecule has 0 rings (SSSR count). The van der Waals surface area contributed by atoms with E-state index >= 15 is 0 Å². The zero-order valence-corrected chi connectivity index (χ0v) is 10.1. The minimum Gasteiger partial charge on any atom is -0.480 e. The summed E-state index contributed by atoms with van der Waals surface area (Å²) >= 11 is 0. The molecule has 0 spiro atoms. The topological polar surface area (TPSA) is 95.9 Å². The van der Waals surface area contributed by atoms with Gasteiger partial charge in [0.25, 0.3) is 0 Å². The number of aliphatic carboxylic acids is 1. The van der Waals surface area contributed by atoms with E-state index in [1.165, 1.54) is 4.90 Å². The van der Waals surface area contributed by atoms with Crippen molar-refractivity contribution in [2.45, 2.75) is 20.3 Å². The number of hydrogen-bond donors (Lipinski definition) is 2. The Kier molecular flexibility index (Phi) is 7.70. The summed E-state index contributed by atoms with van der Waals surface area (Å²) in [5, 5.41) is 10.6. The second-order valence-corrected chi connectivity index (χ2v) is 3.37. The van der Waals surface area contributed by atoms with Gasteiger partial charge in [0.05, 0.1) is 19.7 Å². The van der Waals surface area contributed by atoms with Gasteiger partial charge in [-0.1, -0.05) is 6.92 Å². The molecule has 2 N–H and O–H groups in total. The molecule has 0 aliphatic heterocycles. The van der Waals surface area contributed by atoms with E-state index in [1.54, 1.807) is 6.92 Å². The summed E-state index contributed by atoms with van der Waals surface area (Å²) in [6.07, 6.45) is -0.0933. The van der Waals surface area contributed by atoms with Gasteiger partial charge in [0.2, 0.25) is 5.91 Å². The molecule has 0 aliphatic carbocycles. The highest BCUT2D eigenvalue weighted by Gasteiger charge is 2.15. The van der Waals surface area contributed by atoms with Gasteiger partial charge in [0.15, 0.2) is 0 Å². The molecule has 0 saturated heterocycles. The molecule has 0 atom stereocenters. The SMILES string of the molecule is CCCN(CC(=O)O)CC(=O)NC(=O)OCC. The summed E-state index contributed by atoms with van der Waals surface area (Å²) in [4.78, 5) is 34.2. The standard InChI is InChI=1S/C10H18N2O5/c1-3-5-12(7-9(14)15)6-8(13)11-10(16)17-4-2/h3-7H2,1-2H3,(H,14,15)(H,11,13,16). The van der Waals surface area contributed by atoms with Gasteiger partial charge in [-0.3, -0.25) is 19.8 Å². The van der Waals surface area contributed by atoms with Crippen molar-refractivity contribution >= 4 is 18.0 Å². The first kappa shape index (κ1) is 15.4. The number of amides is 2. The summed E-state index contributed by atoms with van der Waals surface area (Å²) in [7, 11) is 0. The maximum atomic E-state index is 11.3.